The second kappa shape index (κ2) is 17.0. The highest BCUT2D eigenvalue weighted by molar-refractivity contribution is 5.81. The molecule has 0 aromatic heterocycles. The van der Waals surface area contributed by atoms with Crippen molar-refractivity contribution in [3.63, 3.8) is 0 Å². The highest BCUT2D eigenvalue weighted by Gasteiger charge is 2.39. The molecular weight excluding hydrogens is 506 g/mol. The van der Waals surface area contributed by atoms with Gasteiger partial charge in [-0.05, 0) is 77.0 Å². The standard InChI is InChI=1S/C32H57N3O5/c1-5-33(6-2)27(36)23-31(17-11-9-12-18-31)24-28(37)34(7-3)21-15-16-22-35(8-4)29(38)25-32(26-30(39)40)19-13-10-14-20-32/h5-26H2,1-4H3,(H,39,40). The molecule has 2 aliphatic carbocycles. The number of hydrogen-bond donors (Lipinski definition) is 1. The Balaban J connectivity index is 1.90. The van der Waals surface area contributed by atoms with E-state index in [0.717, 1.165) is 70.6 Å². The van der Waals surface area contributed by atoms with Crippen molar-refractivity contribution in [2.24, 2.45) is 10.8 Å². The maximum absolute atomic E-state index is 13.5. The summed E-state index contributed by atoms with van der Waals surface area (Å²) in [4.78, 5) is 56.9. The Hall–Kier alpha value is -2.12. The van der Waals surface area contributed by atoms with Gasteiger partial charge in [-0.3, -0.25) is 19.2 Å². The third kappa shape index (κ3) is 10.4. The van der Waals surface area contributed by atoms with Crippen molar-refractivity contribution in [1.29, 1.82) is 0 Å². The van der Waals surface area contributed by atoms with Crippen LogP contribution in [0.2, 0.25) is 0 Å². The number of amides is 3. The molecule has 0 aromatic carbocycles. The van der Waals surface area contributed by atoms with Gasteiger partial charge in [0.2, 0.25) is 17.7 Å². The number of rotatable bonds is 17. The van der Waals surface area contributed by atoms with Crippen molar-refractivity contribution in [2.75, 3.05) is 39.3 Å². The predicted octanol–water partition coefficient (Wildman–Crippen LogP) is 5.88. The zero-order chi connectivity index (χ0) is 29.6. The van der Waals surface area contributed by atoms with Crippen LogP contribution < -0.4 is 0 Å². The fourth-order valence-electron chi connectivity index (χ4n) is 7.15. The SMILES string of the molecule is CCN(CC)C(=O)CC1(CC(=O)N(CC)CCCCN(CC)C(=O)CC2(CC(=O)O)CCCCC2)CCCCC1. The fraction of sp³-hybridized carbons (Fsp3) is 0.875. The number of carbonyl (C=O) groups is 4. The average Bonchev–Trinajstić information content (AvgIpc) is 2.91. The Bertz CT molecular complexity index is 813. The first-order valence-electron chi connectivity index (χ1n) is 16.2. The monoisotopic (exact) mass is 563 g/mol. The van der Waals surface area contributed by atoms with Gasteiger partial charge in [0.25, 0.3) is 0 Å². The maximum Gasteiger partial charge on any atom is 0.303 e. The van der Waals surface area contributed by atoms with Crippen LogP contribution in [0.5, 0.6) is 0 Å². The zero-order valence-electron chi connectivity index (χ0n) is 26.0. The predicted molar refractivity (Wildman–Crippen MR) is 159 cm³/mol. The van der Waals surface area contributed by atoms with Crippen molar-refractivity contribution in [1.82, 2.24) is 14.7 Å². The lowest BCUT2D eigenvalue weighted by molar-refractivity contribution is -0.143. The molecular formula is C32H57N3O5. The van der Waals surface area contributed by atoms with Gasteiger partial charge in [-0.25, -0.2) is 0 Å². The van der Waals surface area contributed by atoms with E-state index in [9.17, 15) is 24.3 Å². The van der Waals surface area contributed by atoms with Crippen molar-refractivity contribution in [2.45, 2.75) is 130 Å². The molecule has 40 heavy (non-hydrogen) atoms. The summed E-state index contributed by atoms with van der Waals surface area (Å²) >= 11 is 0. The van der Waals surface area contributed by atoms with Crippen LogP contribution >= 0.6 is 0 Å². The van der Waals surface area contributed by atoms with Gasteiger partial charge in [0.05, 0.1) is 6.42 Å². The normalized spacial score (nSPS) is 18.1. The van der Waals surface area contributed by atoms with Gasteiger partial charge in [-0.2, -0.15) is 0 Å². The molecule has 2 aliphatic rings. The van der Waals surface area contributed by atoms with E-state index in [1.807, 2.05) is 42.4 Å². The van der Waals surface area contributed by atoms with E-state index < -0.39 is 11.4 Å². The van der Waals surface area contributed by atoms with Crippen LogP contribution in [0.3, 0.4) is 0 Å². The molecule has 0 atom stereocenters. The number of nitrogens with zero attached hydrogens (tertiary/aromatic N) is 3. The molecule has 0 heterocycles. The van der Waals surface area contributed by atoms with Gasteiger partial charge in [0.15, 0.2) is 0 Å². The average molecular weight is 564 g/mol. The third-order valence-electron chi connectivity index (χ3n) is 9.62. The molecule has 0 aliphatic heterocycles. The lowest BCUT2D eigenvalue weighted by Crippen LogP contribution is -2.41. The first-order valence-corrected chi connectivity index (χ1v) is 16.2. The summed E-state index contributed by atoms with van der Waals surface area (Å²) in [6.45, 7) is 12.0. The molecule has 0 aromatic rings. The first-order chi connectivity index (χ1) is 19.1. The zero-order valence-corrected chi connectivity index (χ0v) is 26.0. The minimum absolute atomic E-state index is 0.0613. The van der Waals surface area contributed by atoms with Crippen LogP contribution in [0.15, 0.2) is 0 Å². The second-order valence-electron chi connectivity index (χ2n) is 12.4. The van der Waals surface area contributed by atoms with Gasteiger partial charge < -0.3 is 19.8 Å². The number of carboxylic acids is 1. The molecule has 2 fully saturated rings. The lowest BCUT2D eigenvalue weighted by atomic mass is 9.69. The van der Waals surface area contributed by atoms with E-state index in [1.165, 1.54) is 6.42 Å². The van der Waals surface area contributed by atoms with E-state index in [4.69, 9.17) is 0 Å². The molecule has 8 nitrogen and oxygen atoms in total. The first kappa shape index (κ1) is 34.1. The number of carboxylic acid groups (broad SMARTS) is 1. The fourth-order valence-corrected chi connectivity index (χ4v) is 7.15. The summed E-state index contributed by atoms with van der Waals surface area (Å²) in [5.41, 5.74) is -0.624. The topological polar surface area (TPSA) is 98.2 Å². The molecule has 0 radical (unpaired) electrons. The van der Waals surface area contributed by atoms with E-state index in [2.05, 4.69) is 0 Å². The van der Waals surface area contributed by atoms with Crippen molar-refractivity contribution in [3.05, 3.63) is 0 Å². The van der Waals surface area contributed by atoms with Crippen LogP contribution in [0.4, 0.5) is 0 Å². The smallest absolute Gasteiger partial charge is 0.303 e. The molecule has 2 saturated carbocycles. The lowest BCUT2D eigenvalue weighted by Gasteiger charge is -2.39. The second-order valence-corrected chi connectivity index (χ2v) is 12.4. The number of unbranched alkanes of at least 4 members (excludes halogenated alkanes) is 1. The Kier molecular flexibility index (Phi) is 14.5. The van der Waals surface area contributed by atoms with Crippen LogP contribution in [-0.4, -0.2) is 82.8 Å². The van der Waals surface area contributed by atoms with Crippen LogP contribution in [-0.2, 0) is 19.2 Å². The quantitative estimate of drug-likeness (QED) is 0.223. The van der Waals surface area contributed by atoms with Gasteiger partial charge in [-0.15, -0.1) is 0 Å². The Morgan fingerprint density at radius 2 is 0.850 bits per heavy atom. The summed E-state index contributed by atoms with van der Waals surface area (Å²) in [7, 11) is 0. The molecule has 0 saturated heterocycles. The number of hydrogen-bond acceptors (Lipinski definition) is 4. The highest BCUT2D eigenvalue weighted by Crippen LogP contribution is 2.44. The largest absolute Gasteiger partial charge is 0.481 e. The van der Waals surface area contributed by atoms with Crippen molar-refractivity contribution in [3.8, 4) is 0 Å². The van der Waals surface area contributed by atoms with Gasteiger partial charge in [0.1, 0.15) is 0 Å². The van der Waals surface area contributed by atoms with Crippen LogP contribution in [0.1, 0.15) is 130 Å². The maximum atomic E-state index is 13.5. The van der Waals surface area contributed by atoms with Crippen LogP contribution in [0.25, 0.3) is 0 Å². The molecule has 2 rings (SSSR count). The number of carbonyl (C=O) groups excluding carboxylic acids is 3. The third-order valence-corrected chi connectivity index (χ3v) is 9.62. The van der Waals surface area contributed by atoms with Crippen molar-refractivity contribution >= 4 is 23.7 Å². The van der Waals surface area contributed by atoms with Gasteiger partial charge >= 0.3 is 5.97 Å². The molecule has 0 bridgehead atoms. The minimum Gasteiger partial charge on any atom is -0.481 e. The van der Waals surface area contributed by atoms with Gasteiger partial charge in [0, 0.05) is 58.5 Å². The summed E-state index contributed by atoms with van der Waals surface area (Å²) in [6, 6.07) is 0. The highest BCUT2D eigenvalue weighted by atomic mass is 16.4. The molecule has 0 spiro atoms. The van der Waals surface area contributed by atoms with E-state index in [-0.39, 0.29) is 29.6 Å². The van der Waals surface area contributed by atoms with Crippen molar-refractivity contribution < 1.29 is 24.3 Å². The number of aliphatic carboxylic acids is 1. The van der Waals surface area contributed by atoms with Crippen LogP contribution in [0, 0.1) is 10.8 Å². The van der Waals surface area contributed by atoms with E-state index >= 15 is 0 Å². The van der Waals surface area contributed by atoms with E-state index in [0.29, 0.717) is 58.5 Å². The van der Waals surface area contributed by atoms with Gasteiger partial charge in [-0.1, -0.05) is 38.5 Å². The summed E-state index contributed by atoms with van der Waals surface area (Å²) in [5, 5.41) is 9.47. The van der Waals surface area contributed by atoms with E-state index in [1.54, 1.807) is 0 Å². The molecule has 0 unspecified atom stereocenters. The Morgan fingerprint density at radius 3 is 1.18 bits per heavy atom. The minimum atomic E-state index is -0.811. The summed E-state index contributed by atoms with van der Waals surface area (Å²) in [5.74, 6) is -0.431. The summed E-state index contributed by atoms with van der Waals surface area (Å²) < 4.78 is 0. The molecule has 230 valence electrons. The molecule has 1 N–H and O–H groups in total. The summed E-state index contributed by atoms with van der Waals surface area (Å²) in [6.07, 6.45) is 12.9. The Labute approximate surface area is 243 Å². The Morgan fingerprint density at radius 1 is 0.525 bits per heavy atom. The molecule has 3 amide bonds. The molecule has 8 heteroatoms.